The van der Waals surface area contributed by atoms with E-state index in [9.17, 15) is 4.79 Å². The lowest BCUT2D eigenvalue weighted by atomic mass is 10.1. The van der Waals surface area contributed by atoms with Gasteiger partial charge in [0.25, 0.3) is 0 Å². The molecule has 1 heterocycles. The number of likely N-dealkylation sites (tertiary alicyclic amines) is 1. The van der Waals surface area contributed by atoms with Gasteiger partial charge < -0.3 is 5.73 Å². The first-order valence-corrected chi connectivity index (χ1v) is 8.79. The van der Waals surface area contributed by atoms with E-state index in [-0.39, 0.29) is 24.4 Å². The van der Waals surface area contributed by atoms with Crippen LogP contribution in [0.3, 0.4) is 0 Å². The van der Waals surface area contributed by atoms with Crippen LogP contribution in [0, 0.1) is 0 Å². The number of nitrogens with zero attached hydrogens (tertiary/aromatic N) is 1. The molecule has 0 saturated carbocycles. The van der Waals surface area contributed by atoms with E-state index in [1.807, 2.05) is 0 Å². The minimum Gasteiger partial charge on any atom is -0.368 e. The highest BCUT2D eigenvalue weighted by atomic mass is 35.5. The van der Waals surface area contributed by atoms with Crippen LogP contribution in [0.2, 0.25) is 0 Å². The summed E-state index contributed by atoms with van der Waals surface area (Å²) in [5.74, 6) is -0.130. The van der Waals surface area contributed by atoms with Gasteiger partial charge in [-0.15, -0.1) is 12.4 Å². The summed E-state index contributed by atoms with van der Waals surface area (Å²) in [5, 5.41) is 0. The maximum absolute atomic E-state index is 11.3. The van der Waals surface area contributed by atoms with E-state index in [4.69, 9.17) is 5.73 Å². The Kier molecular flexibility index (Phi) is 13.2. The molecular weight excluding hydrogens is 284 g/mol. The molecule has 126 valence electrons. The van der Waals surface area contributed by atoms with Crippen LogP contribution in [0.1, 0.15) is 84.0 Å². The number of hydrogen-bond donors (Lipinski definition) is 1. The Morgan fingerprint density at radius 3 is 2.05 bits per heavy atom. The van der Waals surface area contributed by atoms with Crippen molar-refractivity contribution >= 4 is 18.3 Å². The molecule has 0 aromatic carbocycles. The minimum atomic E-state index is -0.130. The molecule has 1 aliphatic rings. The standard InChI is InChI=1S/C17H34N2O.ClH/c1-2-3-4-5-6-7-8-9-10-11-14-19-15-12-13-16(19)17(18)20;/h16H,2-15H2,1H3,(H2,18,20);1H/t16-;/m0./s1. The first kappa shape index (κ1) is 20.7. The summed E-state index contributed by atoms with van der Waals surface area (Å²) in [6, 6.07) is 0.0218. The Morgan fingerprint density at radius 1 is 1.00 bits per heavy atom. The summed E-state index contributed by atoms with van der Waals surface area (Å²) in [4.78, 5) is 13.6. The molecule has 0 radical (unpaired) electrons. The molecule has 0 aromatic heterocycles. The summed E-state index contributed by atoms with van der Waals surface area (Å²) < 4.78 is 0. The predicted molar refractivity (Wildman–Crippen MR) is 92.9 cm³/mol. The minimum absolute atomic E-state index is 0. The Morgan fingerprint density at radius 2 is 1.52 bits per heavy atom. The van der Waals surface area contributed by atoms with Gasteiger partial charge in [0.2, 0.25) is 5.91 Å². The number of nitrogens with two attached hydrogens (primary N) is 1. The van der Waals surface area contributed by atoms with E-state index in [1.54, 1.807) is 0 Å². The zero-order valence-electron chi connectivity index (χ0n) is 13.8. The van der Waals surface area contributed by atoms with Crippen molar-refractivity contribution in [2.45, 2.75) is 90.0 Å². The summed E-state index contributed by atoms with van der Waals surface area (Å²) in [7, 11) is 0. The highest BCUT2D eigenvalue weighted by molar-refractivity contribution is 5.85. The SMILES string of the molecule is CCCCCCCCCCCCN1CCC[C@H]1C(N)=O.Cl. The van der Waals surface area contributed by atoms with Gasteiger partial charge in [-0.3, -0.25) is 9.69 Å². The van der Waals surface area contributed by atoms with Crippen molar-refractivity contribution in [3.63, 3.8) is 0 Å². The first-order chi connectivity index (χ1) is 9.75. The van der Waals surface area contributed by atoms with Crippen LogP contribution in [0.5, 0.6) is 0 Å². The van der Waals surface area contributed by atoms with Crippen LogP contribution in [0.4, 0.5) is 0 Å². The van der Waals surface area contributed by atoms with Crippen LogP contribution in [0.15, 0.2) is 0 Å². The molecule has 21 heavy (non-hydrogen) atoms. The normalized spacial score (nSPS) is 18.6. The molecule has 0 aromatic rings. The molecule has 4 heteroatoms. The van der Waals surface area contributed by atoms with Gasteiger partial charge in [-0.05, 0) is 32.4 Å². The monoisotopic (exact) mass is 318 g/mol. The molecule has 1 fully saturated rings. The van der Waals surface area contributed by atoms with E-state index in [0.717, 1.165) is 25.9 Å². The third kappa shape index (κ3) is 9.36. The van der Waals surface area contributed by atoms with Gasteiger partial charge in [-0.25, -0.2) is 0 Å². The van der Waals surface area contributed by atoms with Crippen molar-refractivity contribution in [3.05, 3.63) is 0 Å². The fourth-order valence-electron chi connectivity index (χ4n) is 3.22. The second-order valence-corrected chi connectivity index (χ2v) is 6.28. The Bertz CT molecular complexity index is 261. The van der Waals surface area contributed by atoms with Gasteiger partial charge in [-0.1, -0.05) is 64.7 Å². The molecule has 1 saturated heterocycles. The number of primary amides is 1. The van der Waals surface area contributed by atoms with Gasteiger partial charge in [-0.2, -0.15) is 0 Å². The number of rotatable bonds is 12. The Balaban J connectivity index is 0.00000400. The summed E-state index contributed by atoms with van der Waals surface area (Å²) >= 11 is 0. The average molecular weight is 319 g/mol. The van der Waals surface area contributed by atoms with Crippen molar-refractivity contribution < 1.29 is 4.79 Å². The maximum Gasteiger partial charge on any atom is 0.234 e. The molecular formula is C17H35ClN2O. The number of carbonyl (C=O) groups is 1. The van der Waals surface area contributed by atoms with E-state index in [1.165, 1.54) is 64.2 Å². The molecule has 0 aliphatic carbocycles. The lowest BCUT2D eigenvalue weighted by Gasteiger charge is -2.21. The van der Waals surface area contributed by atoms with Crippen LogP contribution < -0.4 is 5.73 Å². The topological polar surface area (TPSA) is 46.3 Å². The fourth-order valence-corrected chi connectivity index (χ4v) is 3.22. The number of carbonyl (C=O) groups excluding carboxylic acids is 1. The number of halogens is 1. The molecule has 0 bridgehead atoms. The van der Waals surface area contributed by atoms with Crippen molar-refractivity contribution in [2.24, 2.45) is 5.73 Å². The van der Waals surface area contributed by atoms with Crippen LogP contribution in [-0.4, -0.2) is 29.9 Å². The third-order valence-corrected chi connectivity index (χ3v) is 4.49. The highest BCUT2D eigenvalue weighted by Crippen LogP contribution is 2.18. The highest BCUT2D eigenvalue weighted by Gasteiger charge is 2.27. The molecule has 1 rings (SSSR count). The molecule has 3 nitrogen and oxygen atoms in total. The van der Waals surface area contributed by atoms with E-state index >= 15 is 0 Å². The lowest BCUT2D eigenvalue weighted by Crippen LogP contribution is -2.40. The molecule has 1 atom stereocenters. The molecule has 0 spiro atoms. The van der Waals surface area contributed by atoms with Crippen LogP contribution >= 0.6 is 12.4 Å². The van der Waals surface area contributed by atoms with E-state index < -0.39 is 0 Å². The number of hydrogen-bond acceptors (Lipinski definition) is 2. The molecule has 1 amide bonds. The zero-order valence-corrected chi connectivity index (χ0v) is 14.6. The van der Waals surface area contributed by atoms with Crippen LogP contribution in [-0.2, 0) is 4.79 Å². The van der Waals surface area contributed by atoms with E-state index in [2.05, 4.69) is 11.8 Å². The maximum atomic E-state index is 11.3. The van der Waals surface area contributed by atoms with Gasteiger partial charge >= 0.3 is 0 Å². The number of unbranched alkanes of at least 4 members (excludes halogenated alkanes) is 9. The second kappa shape index (κ2) is 13.4. The van der Waals surface area contributed by atoms with Gasteiger partial charge in [0.15, 0.2) is 0 Å². The average Bonchev–Trinajstić information content (AvgIpc) is 2.89. The second-order valence-electron chi connectivity index (χ2n) is 6.28. The smallest absolute Gasteiger partial charge is 0.234 e. The quantitative estimate of drug-likeness (QED) is 0.546. The van der Waals surface area contributed by atoms with Gasteiger partial charge in [0.1, 0.15) is 0 Å². The number of amides is 1. The van der Waals surface area contributed by atoms with Crippen molar-refractivity contribution in [3.8, 4) is 0 Å². The largest absolute Gasteiger partial charge is 0.368 e. The molecule has 1 aliphatic heterocycles. The Labute approximate surface area is 137 Å². The predicted octanol–water partition coefficient (Wildman–Crippen LogP) is 4.28. The fraction of sp³-hybridized carbons (Fsp3) is 0.941. The summed E-state index contributed by atoms with van der Waals surface area (Å²) in [5.41, 5.74) is 5.43. The van der Waals surface area contributed by atoms with Crippen molar-refractivity contribution in [1.29, 1.82) is 0 Å². The summed E-state index contributed by atoms with van der Waals surface area (Å²) in [6.45, 7) is 4.39. The lowest BCUT2D eigenvalue weighted by molar-refractivity contribution is -0.122. The zero-order chi connectivity index (χ0) is 14.6. The van der Waals surface area contributed by atoms with Crippen LogP contribution in [0.25, 0.3) is 0 Å². The van der Waals surface area contributed by atoms with Crippen molar-refractivity contribution in [2.75, 3.05) is 13.1 Å². The molecule has 2 N–H and O–H groups in total. The van der Waals surface area contributed by atoms with Gasteiger partial charge in [0.05, 0.1) is 6.04 Å². The molecule has 0 unspecified atom stereocenters. The van der Waals surface area contributed by atoms with Gasteiger partial charge in [0, 0.05) is 0 Å². The third-order valence-electron chi connectivity index (χ3n) is 4.49. The van der Waals surface area contributed by atoms with E-state index in [0.29, 0.717) is 0 Å². The first-order valence-electron chi connectivity index (χ1n) is 8.79. The van der Waals surface area contributed by atoms with Crippen molar-refractivity contribution in [1.82, 2.24) is 4.90 Å². The summed E-state index contributed by atoms with van der Waals surface area (Å²) in [6.07, 6.45) is 15.7. The Hall–Kier alpha value is -0.280.